The van der Waals surface area contributed by atoms with E-state index in [1.54, 1.807) is 12.5 Å². The Bertz CT molecular complexity index is 693. The van der Waals surface area contributed by atoms with Crippen molar-refractivity contribution >= 4 is 22.9 Å². The van der Waals surface area contributed by atoms with Crippen molar-refractivity contribution in [2.75, 3.05) is 17.2 Å². The van der Waals surface area contributed by atoms with E-state index in [2.05, 4.69) is 40.5 Å². The lowest BCUT2D eigenvalue weighted by Gasteiger charge is -2.08. The van der Waals surface area contributed by atoms with E-state index in [4.69, 9.17) is 0 Å². The second-order valence-corrected chi connectivity index (χ2v) is 4.08. The Kier molecular flexibility index (Phi) is 3.36. The van der Waals surface area contributed by atoms with Crippen LogP contribution in [0.1, 0.15) is 12.6 Å². The maximum absolute atomic E-state index is 4.43. The van der Waals surface area contributed by atoms with Crippen LogP contribution in [0.2, 0.25) is 0 Å². The van der Waals surface area contributed by atoms with Crippen molar-refractivity contribution in [3.8, 4) is 0 Å². The highest BCUT2D eigenvalue weighted by Crippen LogP contribution is 2.18. The van der Waals surface area contributed by atoms with Crippen molar-refractivity contribution < 1.29 is 0 Å². The van der Waals surface area contributed by atoms with Crippen LogP contribution >= 0.6 is 0 Å². The fraction of sp³-hybridized carbons (Fsp3) is 0.250. The molecule has 3 heterocycles. The smallest absolute Gasteiger partial charge is 0.226 e. The molecule has 8 nitrogen and oxygen atoms in total. The van der Waals surface area contributed by atoms with Crippen molar-refractivity contribution in [1.82, 2.24) is 29.9 Å². The molecule has 3 rings (SSSR count). The molecule has 0 fully saturated rings. The maximum atomic E-state index is 4.43. The number of nitrogens with zero attached hydrogens (tertiary/aromatic N) is 5. The third-order valence-corrected chi connectivity index (χ3v) is 2.70. The van der Waals surface area contributed by atoms with E-state index >= 15 is 0 Å². The fourth-order valence-corrected chi connectivity index (χ4v) is 1.80. The van der Waals surface area contributed by atoms with Gasteiger partial charge in [-0.25, -0.2) is 15.0 Å². The summed E-state index contributed by atoms with van der Waals surface area (Å²) in [4.78, 5) is 24.0. The number of aromatic amines is 1. The highest BCUT2D eigenvalue weighted by Gasteiger charge is 2.09. The SMILES string of the molecule is CCNc1nc(NCc2ccncn2)c2[nH]cnc2n1. The zero-order valence-corrected chi connectivity index (χ0v) is 11.0. The van der Waals surface area contributed by atoms with Crippen molar-refractivity contribution in [2.24, 2.45) is 0 Å². The molecule has 0 aromatic carbocycles. The quantitative estimate of drug-likeness (QED) is 0.639. The van der Waals surface area contributed by atoms with Gasteiger partial charge in [0, 0.05) is 12.7 Å². The summed E-state index contributed by atoms with van der Waals surface area (Å²) in [6.07, 6.45) is 4.83. The van der Waals surface area contributed by atoms with E-state index in [0.29, 0.717) is 24.0 Å². The van der Waals surface area contributed by atoms with Crippen LogP contribution in [-0.4, -0.2) is 36.4 Å². The summed E-state index contributed by atoms with van der Waals surface area (Å²) in [6.45, 7) is 3.30. The number of anilines is 2. The van der Waals surface area contributed by atoms with E-state index in [1.165, 1.54) is 6.33 Å². The first-order valence-electron chi connectivity index (χ1n) is 6.30. The lowest BCUT2D eigenvalue weighted by atomic mass is 10.4. The molecule has 8 heteroatoms. The molecule has 0 bridgehead atoms. The maximum Gasteiger partial charge on any atom is 0.226 e. The Labute approximate surface area is 115 Å². The van der Waals surface area contributed by atoms with Crippen LogP contribution in [0.15, 0.2) is 24.9 Å². The molecule has 0 atom stereocenters. The van der Waals surface area contributed by atoms with Crippen molar-refractivity contribution in [2.45, 2.75) is 13.5 Å². The third-order valence-electron chi connectivity index (χ3n) is 2.70. The molecule has 0 saturated carbocycles. The fourth-order valence-electron chi connectivity index (χ4n) is 1.80. The molecule has 3 aromatic rings. The first-order chi connectivity index (χ1) is 9.86. The molecule has 3 aromatic heterocycles. The summed E-state index contributed by atoms with van der Waals surface area (Å²) in [6, 6.07) is 1.85. The molecular weight excluding hydrogens is 256 g/mol. The average Bonchev–Trinajstić information content (AvgIpc) is 2.95. The first kappa shape index (κ1) is 12.3. The summed E-state index contributed by atoms with van der Waals surface area (Å²) in [5, 5.41) is 6.32. The van der Waals surface area contributed by atoms with E-state index in [9.17, 15) is 0 Å². The van der Waals surface area contributed by atoms with Gasteiger partial charge in [0.2, 0.25) is 5.95 Å². The normalized spacial score (nSPS) is 10.7. The van der Waals surface area contributed by atoms with Gasteiger partial charge in [-0.15, -0.1) is 0 Å². The van der Waals surface area contributed by atoms with Gasteiger partial charge in [0.25, 0.3) is 0 Å². The second-order valence-electron chi connectivity index (χ2n) is 4.08. The Balaban J connectivity index is 1.87. The van der Waals surface area contributed by atoms with E-state index < -0.39 is 0 Å². The van der Waals surface area contributed by atoms with Gasteiger partial charge in [-0.05, 0) is 13.0 Å². The van der Waals surface area contributed by atoms with Gasteiger partial charge in [-0.2, -0.15) is 9.97 Å². The predicted molar refractivity (Wildman–Crippen MR) is 75.2 cm³/mol. The second kappa shape index (κ2) is 5.47. The van der Waals surface area contributed by atoms with Crippen molar-refractivity contribution in [3.05, 3.63) is 30.6 Å². The monoisotopic (exact) mass is 270 g/mol. The summed E-state index contributed by atoms with van der Waals surface area (Å²) < 4.78 is 0. The van der Waals surface area contributed by atoms with Gasteiger partial charge in [0.05, 0.1) is 18.6 Å². The number of rotatable bonds is 5. The lowest BCUT2D eigenvalue weighted by Crippen LogP contribution is -2.08. The topological polar surface area (TPSA) is 104 Å². The van der Waals surface area contributed by atoms with E-state index in [1.807, 2.05) is 13.0 Å². The van der Waals surface area contributed by atoms with Crippen LogP contribution in [0, 0.1) is 0 Å². The van der Waals surface area contributed by atoms with Crippen LogP contribution in [0.5, 0.6) is 0 Å². The minimum Gasteiger partial charge on any atom is -0.362 e. The highest BCUT2D eigenvalue weighted by molar-refractivity contribution is 5.83. The molecule has 0 saturated heterocycles. The van der Waals surface area contributed by atoms with E-state index in [0.717, 1.165) is 17.8 Å². The molecule has 0 spiro atoms. The minimum absolute atomic E-state index is 0.553. The Morgan fingerprint density at radius 1 is 1.20 bits per heavy atom. The number of nitrogens with one attached hydrogen (secondary N) is 3. The average molecular weight is 270 g/mol. The van der Waals surface area contributed by atoms with Crippen LogP contribution in [0.25, 0.3) is 11.2 Å². The number of aromatic nitrogens is 6. The molecule has 0 aliphatic rings. The van der Waals surface area contributed by atoms with Gasteiger partial charge >= 0.3 is 0 Å². The standard InChI is InChI=1S/C12H14N8/c1-2-14-12-19-10(9-11(20-12)18-7-17-9)15-5-8-3-4-13-6-16-8/h3-4,6-7H,2,5H2,1H3,(H3,14,15,17,18,19,20). The van der Waals surface area contributed by atoms with Gasteiger partial charge in [-0.1, -0.05) is 0 Å². The Hall–Kier alpha value is -2.77. The van der Waals surface area contributed by atoms with Gasteiger partial charge in [0.1, 0.15) is 11.8 Å². The van der Waals surface area contributed by atoms with E-state index in [-0.39, 0.29) is 0 Å². The molecule has 0 aliphatic heterocycles. The predicted octanol–water partition coefficient (Wildman–Crippen LogP) is 1.19. The Morgan fingerprint density at radius 2 is 2.15 bits per heavy atom. The zero-order chi connectivity index (χ0) is 13.8. The minimum atomic E-state index is 0.553. The van der Waals surface area contributed by atoms with Crippen LogP contribution < -0.4 is 10.6 Å². The highest BCUT2D eigenvalue weighted by atomic mass is 15.2. The molecule has 20 heavy (non-hydrogen) atoms. The number of H-pyrrole nitrogens is 1. The summed E-state index contributed by atoms with van der Waals surface area (Å²) in [7, 11) is 0. The lowest BCUT2D eigenvalue weighted by molar-refractivity contribution is 0.993. The first-order valence-corrected chi connectivity index (χ1v) is 6.30. The van der Waals surface area contributed by atoms with Crippen LogP contribution in [0.3, 0.4) is 0 Å². The molecule has 102 valence electrons. The zero-order valence-electron chi connectivity index (χ0n) is 11.0. The number of hydrogen-bond acceptors (Lipinski definition) is 7. The molecular formula is C12H14N8. The van der Waals surface area contributed by atoms with Crippen molar-refractivity contribution in [1.29, 1.82) is 0 Å². The molecule has 0 amide bonds. The molecule has 0 unspecified atom stereocenters. The number of imidazole rings is 1. The van der Waals surface area contributed by atoms with Crippen molar-refractivity contribution in [3.63, 3.8) is 0 Å². The largest absolute Gasteiger partial charge is 0.362 e. The Morgan fingerprint density at radius 3 is 2.95 bits per heavy atom. The summed E-state index contributed by atoms with van der Waals surface area (Å²) in [5.41, 5.74) is 2.29. The summed E-state index contributed by atoms with van der Waals surface area (Å²) >= 11 is 0. The van der Waals surface area contributed by atoms with Gasteiger partial charge in [-0.3, -0.25) is 0 Å². The molecule has 3 N–H and O–H groups in total. The molecule has 0 radical (unpaired) electrons. The molecule has 0 aliphatic carbocycles. The third kappa shape index (κ3) is 2.48. The van der Waals surface area contributed by atoms with Crippen LogP contribution in [0.4, 0.5) is 11.8 Å². The van der Waals surface area contributed by atoms with Gasteiger partial charge < -0.3 is 15.6 Å². The number of fused-ring (bicyclic) bond motifs is 1. The van der Waals surface area contributed by atoms with Gasteiger partial charge in [0.15, 0.2) is 11.5 Å². The summed E-state index contributed by atoms with van der Waals surface area (Å²) in [5.74, 6) is 1.25. The number of hydrogen-bond donors (Lipinski definition) is 3. The van der Waals surface area contributed by atoms with Crippen LogP contribution in [-0.2, 0) is 6.54 Å².